The smallest absolute Gasteiger partial charge is 0.165 e. The number of hydrogen-bond donors (Lipinski definition) is 1. The van der Waals surface area contributed by atoms with Gasteiger partial charge in [0.2, 0.25) is 0 Å². The minimum absolute atomic E-state index is 0.235. The van der Waals surface area contributed by atoms with Gasteiger partial charge in [0.05, 0.1) is 0 Å². The molecule has 0 aliphatic rings. The molecule has 19 heavy (non-hydrogen) atoms. The Balaban J connectivity index is 2.27. The van der Waals surface area contributed by atoms with Gasteiger partial charge in [-0.25, -0.2) is 4.39 Å². The van der Waals surface area contributed by atoms with E-state index in [2.05, 4.69) is 21.2 Å². The molecule has 2 aromatic carbocycles. The molecule has 0 saturated heterocycles. The summed E-state index contributed by atoms with van der Waals surface area (Å²) in [4.78, 5) is 0. The molecule has 0 saturated carbocycles. The molecule has 0 atom stereocenters. The van der Waals surface area contributed by atoms with Gasteiger partial charge in [-0.05, 0) is 30.8 Å². The molecule has 0 fully saturated rings. The average Bonchev–Trinajstić information content (AvgIpc) is 2.40. The van der Waals surface area contributed by atoms with Crippen LogP contribution >= 0.6 is 15.9 Å². The molecule has 2 aromatic rings. The third kappa shape index (κ3) is 3.78. The van der Waals surface area contributed by atoms with Crippen LogP contribution in [0.3, 0.4) is 0 Å². The van der Waals surface area contributed by atoms with Crippen LogP contribution in [-0.2, 0) is 6.54 Å². The standard InChI is InChI=1S/C15H15BrFNO/c1-2-18-10-11-7-8-12(16)9-15(11)19-14-6-4-3-5-13(14)17/h3-9,18H,2,10H2,1H3. The summed E-state index contributed by atoms with van der Waals surface area (Å²) in [5.41, 5.74) is 0.994. The first-order valence-electron chi connectivity index (χ1n) is 6.12. The minimum Gasteiger partial charge on any atom is -0.454 e. The lowest BCUT2D eigenvalue weighted by Gasteiger charge is -2.12. The lowest BCUT2D eigenvalue weighted by Crippen LogP contribution is -2.12. The van der Waals surface area contributed by atoms with Crippen LogP contribution in [-0.4, -0.2) is 6.54 Å². The Labute approximate surface area is 120 Å². The van der Waals surface area contributed by atoms with Gasteiger partial charge in [0, 0.05) is 16.6 Å². The monoisotopic (exact) mass is 323 g/mol. The van der Waals surface area contributed by atoms with Gasteiger partial charge in [0.1, 0.15) is 5.75 Å². The van der Waals surface area contributed by atoms with Crippen molar-refractivity contribution in [3.8, 4) is 11.5 Å². The van der Waals surface area contributed by atoms with Gasteiger partial charge < -0.3 is 10.1 Å². The Morgan fingerprint density at radius 1 is 1.16 bits per heavy atom. The van der Waals surface area contributed by atoms with E-state index in [1.807, 2.05) is 25.1 Å². The molecule has 2 nitrogen and oxygen atoms in total. The molecule has 0 aliphatic carbocycles. The van der Waals surface area contributed by atoms with Crippen molar-refractivity contribution in [2.45, 2.75) is 13.5 Å². The molecule has 4 heteroatoms. The fraction of sp³-hybridized carbons (Fsp3) is 0.200. The van der Waals surface area contributed by atoms with E-state index in [0.717, 1.165) is 16.6 Å². The van der Waals surface area contributed by atoms with E-state index in [1.54, 1.807) is 18.2 Å². The first-order chi connectivity index (χ1) is 9.20. The topological polar surface area (TPSA) is 21.3 Å². The van der Waals surface area contributed by atoms with Crippen molar-refractivity contribution in [3.05, 3.63) is 58.3 Å². The van der Waals surface area contributed by atoms with Gasteiger partial charge in [-0.15, -0.1) is 0 Å². The zero-order chi connectivity index (χ0) is 13.7. The second-order valence-electron chi connectivity index (χ2n) is 4.06. The summed E-state index contributed by atoms with van der Waals surface area (Å²) in [6, 6.07) is 12.1. The molecule has 1 N–H and O–H groups in total. The van der Waals surface area contributed by atoms with Crippen molar-refractivity contribution in [2.24, 2.45) is 0 Å². The summed E-state index contributed by atoms with van der Waals surface area (Å²) in [6.45, 7) is 3.60. The van der Waals surface area contributed by atoms with Crippen LogP contribution in [0.4, 0.5) is 4.39 Å². The normalized spacial score (nSPS) is 10.5. The highest BCUT2D eigenvalue weighted by Gasteiger charge is 2.08. The molecule has 0 radical (unpaired) electrons. The number of ether oxygens (including phenoxy) is 1. The van der Waals surface area contributed by atoms with Gasteiger partial charge in [-0.2, -0.15) is 0 Å². The van der Waals surface area contributed by atoms with Gasteiger partial charge in [-0.3, -0.25) is 0 Å². The van der Waals surface area contributed by atoms with Gasteiger partial charge in [0.25, 0.3) is 0 Å². The van der Waals surface area contributed by atoms with Crippen molar-refractivity contribution in [1.29, 1.82) is 0 Å². The lowest BCUT2D eigenvalue weighted by atomic mass is 10.2. The lowest BCUT2D eigenvalue weighted by molar-refractivity contribution is 0.436. The highest BCUT2D eigenvalue weighted by molar-refractivity contribution is 9.10. The Bertz CT molecular complexity index is 560. The summed E-state index contributed by atoms with van der Waals surface area (Å²) < 4.78 is 20.2. The third-order valence-corrected chi connectivity index (χ3v) is 3.14. The molecular formula is C15H15BrFNO. The number of nitrogens with one attached hydrogen (secondary N) is 1. The van der Waals surface area contributed by atoms with E-state index >= 15 is 0 Å². The van der Waals surface area contributed by atoms with Crippen LogP contribution in [0.25, 0.3) is 0 Å². The molecule has 0 heterocycles. The predicted molar refractivity (Wildman–Crippen MR) is 78.0 cm³/mol. The van der Waals surface area contributed by atoms with Crippen LogP contribution in [0.15, 0.2) is 46.9 Å². The maximum absolute atomic E-state index is 13.6. The van der Waals surface area contributed by atoms with Crippen molar-refractivity contribution < 1.29 is 9.13 Å². The van der Waals surface area contributed by atoms with E-state index in [0.29, 0.717) is 12.3 Å². The molecular weight excluding hydrogens is 309 g/mol. The Hall–Kier alpha value is -1.39. The van der Waals surface area contributed by atoms with Crippen molar-refractivity contribution in [2.75, 3.05) is 6.54 Å². The number of hydrogen-bond acceptors (Lipinski definition) is 2. The second kappa shape index (κ2) is 6.68. The zero-order valence-corrected chi connectivity index (χ0v) is 12.2. The molecule has 0 aromatic heterocycles. The second-order valence-corrected chi connectivity index (χ2v) is 4.98. The number of benzene rings is 2. The van der Waals surface area contributed by atoms with Crippen LogP contribution in [0.2, 0.25) is 0 Å². The fourth-order valence-electron chi connectivity index (χ4n) is 1.68. The summed E-state index contributed by atoms with van der Waals surface area (Å²) in [6.07, 6.45) is 0. The number of rotatable bonds is 5. The van der Waals surface area contributed by atoms with E-state index in [9.17, 15) is 4.39 Å². The van der Waals surface area contributed by atoms with E-state index in [1.165, 1.54) is 6.07 Å². The van der Waals surface area contributed by atoms with Crippen molar-refractivity contribution in [1.82, 2.24) is 5.32 Å². The van der Waals surface area contributed by atoms with Gasteiger partial charge in [0.15, 0.2) is 11.6 Å². The van der Waals surface area contributed by atoms with Crippen molar-refractivity contribution >= 4 is 15.9 Å². The van der Waals surface area contributed by atoms with E-state index < -0.39 is 0 Å². The maximum Gasteiger partial charge on any atom is 0.165 e. The van der Waals surface area contributed by atoms with Crippen LogP contribution < -0.4 is 10.1 Å². The molecule has 0 unspecified atom stereocenters. The molecule has 0 amide bonds. The first-order valence-corrected chi connectivity index (χ1v) is 6.91. The van der Waals surface area contributed by atoms with E-state index in [4.69, 9.17) is 4.74 Å². The summed E-state index contributed by atoms with van der Waals surface area (Å²) >= 11 is 3.40. The summed E-state index contributed by atoms with van der Waals surface area (Å²) in [5.74, 6) is 0.524. The SMILES string of the molecule is CCNCc1ccc(Br)cc1Oc1ccccc1F. The quantitative estimate of drug-likeness (QED) is 0.875. The van der Waals surface area contributed by atoms with E-state index in [-0.39, 0.29) is 11.6 Å². The summed E-state index contributed by atoms with van der Waals surface area (Å²) in [7, 11) is 0. The number of halogens is 2. The molecule has 0 aliphatic heterocycles. The fourth-order valence-corrected chi connectivity index (χ4v) is 2.02. The Morgan fingerprint density at radius 2 is 1.95 bits per heavy atom. The number of para-hydroxylation sites is 1. The van der Waals surface area contributed by atoms with Crippen LogP contribution in [0.5, 0.6) is 11.5 Å². The predicted octanol–water partition coefficient (Wildman–Crippen LogP) is 4.49. The molecule has 100 valence electrons. The summed E-state index contributed by atoms with van der Waals surface area (Å²) in [5, 5.41) is 3.24. The highest BCUT2D eigenvalue weighted by atomic mass is 79.9. The van der Waals surface area contributed by atoms with Gasteiger partial charge in [-0.1, -0.05) is 41.1 Å². The first kappa shape index (κ1) is 14.0. The maximum atomic E-state index is 13.6. The Kier molecular flexibility index (Phi) is 4.93. The van der Waals surface area contributed by atoms with Crippen LogP contribution in [0.1, 0.15) is 12.5 Å². The van der Waals surface area contributed by atoms with Crippen molar-refractivity contribution in [3.63, 3.8) is 0 Å². The largest absolute Gasteiger partial charge is 0.454 e. The minimum atomic E-state index is -0.364. The molecule has 0 spiro atoms. The highest BCUT2D eigenvalue weighted by Crippen LogP contribution is 2.30. The van der Waals surface area contributed by atoms with Gasteiger partial charge >= 0.3 is 0 Å². The molecule has 2 rings (SSSR count). The average molecular weight is 324 g/mol. The van der Waals surface area contributed by atoms with Crippen LogP contribution in [0, 0.1) is 5.82 Å². The Morgan fingerprint density at radius 3 is 2.68 bits per heavy atom. The zero-order valence-electron chi connectivity index (χ0n) is 10.6. The third-order valence-electron chi connectivity index (χ3n) is 2.65. The molecule has 0 bridgehead atoms.